The van der Waals surface area contributed by atoms with E-state index in [2.05, 4.69) is 0 Å². The Morgan fingerprint density at radius 2 is 1.53 bits per heavy atom. The number of aryl methyl sites for hydroxylation is 1. The zero-order valence-corrected chi connectivity index (χ0v) is 18.0. The molecule has 4 rings (SSSR count). The highest BCUT2D eigenvalue weighted by molar-refractivity contribution is 6.15. The standard InChI is InChI=1S/C26H22O6/c1-16-12-21(31-15-22(27)18-6-10-20(30-3)11-7-18)14-23-25(16)26(28)24(32-23)13-17-4-8-19(29-2)9-5-17/h4-14H,15H2,1-3H3/b24-13-. The molecule has 0 amide bonds. The van der Waals surface area contributed by atoms with Gasteiger partial charge in [-0.15, -0.1) is 0 Å². The Labute approximate surface area is 186 Å². The van der Waals surface area contributed by atoms with Crippen LogP contribution in [0.25, 0.3) is 6.08 Å². The van der Waals surface area contributed by atoms with Crippen molar-refractivity contribution in [3.63, 3.8) is 0 Å². The number of hydrogen-bond donors (Lipinski definition) is 0. The van der Waals surface area contributed by atoms with E-state index in [1.54, 1.807) is 56.7 Å². The summed E-state index contributed by atoms with van der Waals surface area (Å²) in [5.41, 5.74) is 2.57. The number of benzene rings is 3. The summed E-state index contributed by atoms with van der Waals surface area (Å²) < 4.78 is 21.8. The van der Waals surface area contributed by atoms with Crippen LogP contribution >= 0.6 is 0 Å². The van der Waals surface area contributed by atoms with Crippen molar-refractivity contribution >= 4 is 17.6 Å². The second kappa shape index (κ2) is 8.98. The first-order valence-electron chi connectivity index (χ1n) is 10.0. The van der Waals surface area contributed by atoms with Crippen molar-refractivity contribution < 1.29 is 28.5 Å². The van der Waals surface area contributed by atoms with Crippen LogP contribution in [0.4, 0.5) is 0 Å². The number of carbonyl (C=O) groups is 2. The van der Waals surface area contributed by atoms with Crippen LogP contribution in [0, 0.1) is 6.92 Å². The number of Topliss-reactive ketones (excluding diaryl/α,β-unsaturated/α-hetero) is 2. The van der Waals surface area contributed by atoms with Crippen LogP contribution in [0.5, 0.6) is 23.0 Å². The van der Waals surface area contributed by atoms with Crippen LogP contribution in [0.3, 0.4) is 0 Å². The number of allylic oxidation sites excluding steroid dienone is 1. The molecule has 6 heteroatoms. The third-order valence-electron chi connectivity index (χ3n) is 5.14. The Kier molecular flexibility index (Phi) is 5.94. The molecule has 0 saturated heterocycles. The minimum atomic E-state index is -0.186. The molecule has 0 fully saturated rings. The quantitative estimate of drug-likeness (QED) is 0.393. The van der Waals surface area contributed by atoms with Gasteiger partial charge >= 0.3 is 0 Å². The number of ketones is 2. The molecule has 0 aliphatic carbocycles. The summed E-state index contributed by atoms with van der Waals surface area (Å²) in [4.78, 5) is 25.3. The Hall–Kier alpha value is -4.06. The summed E-state index contributed by atoms with van der Waals surface area (Å²) in [7, 11) is 3.17. The maximum atomic E-state index is 12.8. The van der Waals surface area contributed by atoms with Crippen molar-refractivity contribution in [2.45, 2.75) is 6.92 Å². The molecule has 162 valence electrons. The van der Waals surface area contributed by atoms with Gasteiger partial charge in [0.15, 0.2) is 18.1 Å². The van der Waals surface area contributed by atoms with Crippen LogP contribution in [-0.4, -0.2) is 32.4 Å². The van der Waals surface area contributed by atoms with Crippen LogP contribution in [-0.2, 0) is 0 Å². The Bertz CT molecular complexity index is 1190. The number of fused-ring (bicyclic) bond motifs is 1. The van der Waals surface area contributed by atoms with Crippen LogP contribution < -0.4 is 18.9 Å². The molecule has 0 atom stereocenters. The first-order chi connectivity index (χ1) is 15.5. The molecule has 0 saturated carbocycles. The molecule has 1 heterocycles. The zero-order chi connectivity index (χ0) is 22.7. The van der Waals surface area contributed by atoms with E-state index in [9.17, 15) is 9.59 Å². The monoisotopic (exact) mass is 430 g/mol. The number of methoxy groups -OCH3 is 2. The number of ether oxygens (including phenoxy) is 4. The molecule has 3 aromatic carbocycles. The fourth-order valence-electron chi connectivity index (χ4n) is 3.42. The lowest BCUT2D eigenvalue weighted by molar-refractivity contribution is 0.0920. The second-order valence-electron chi connectivity index (χ2n) is 7.27. The average molecular weight is 430 g/mol. The van der Waals surface area contributed by atoms with E-state index >= 15 is 0 Å². The van der Waals surface area contributed by atoms with E-state index in [1.807, 2.05) is 31.2 Å². The zero-order valence-electron chi connectivity index (χ0n) is 18.0. The van der Waals surface area contributed by atoms with Gasteiger partial charge in [0.05, 0.1) is 19.8 Å². The first-order valence-corrected chi connectivity index (χ1v) is 10.0. The van der Waals surface area contributed by atoms with Gasteiger partial charge in [0.2, 0.25) is 5.78 Å². The Morgan fingerprint density at radius 1 is 0.906 bits per heavy atom. The molecule has 1 aliphatic rings. The molecule has 32 heavy (non-hydrogen) atoms. The van der Waals surface area contributed by atoms with Gasteiger partial charge in [-0.05, 0) is 66.6 Å². The van der Waals surface area contributed by atoms with Gasteiger partial charge < -0.3 is 18.9 Å². The minimum absolute atomic E-state index is 0.132. The molecule has 0 unspecified atom stereocenters. The highest BCUT2D eigenvalue weighted by atomic mass is 16.5. The van der Waals surface area contributed by atoms with Crippen molar-refractivity contribution in [3.05, 3.63) is 88.7 Å². The molecule has 6 nitrogen and oxygen atoms in total. The van der Waals surface area contributed by atoms with E-state index in [1.165, 1.54) is 0 Å². The predicted octanol–water partition coefficient (Wildman–Crippen LogP) is 4.89. The normalized spacial score (nSPS) is 13.5. The van der Waals surface area contributed by atoms with Crippen molar-refractivity contribution in [1.82, 2.24) is 0 Å². The summed E-state index contributed by atoms with van der Waals surface area (Å²) in [5, 5.41) is 0. The predicted molar refractivity (Wildman–Crippen MR) is 120 cm³/mol. The van der Waals surface area contributed by atoms with Crippen molar-refractivity contribution in [2.75, 3.05) is 20.8 Å². The third kappa shape index (κ3) is 4.34. The van der Waals surface area contributed by atoms with Crippen molar-refractivity contribution in [3.8, 4) is 23.0 Å². The van der Waals surface area contributed by atoms with E-state index in [4.69, 9.17) is 18.9 Å². The van der Waals surface area contributed by atoms with E-state index in [0.717, 1.165) is 16.9 Å². The van der Waals surface area contributed by atoms with Crippen molar-refractivity contribution in [1.29, 1.82) is 0 Å². The van der Waals surface area contributed by atoms with E-state index < -0.39 is 0 Å². The van der Waals surface area contributed by atoms with Gasteiger partial charge in [-0.1, -0.05) is 12.1 Å². The molecule has 0 radical (unpaired) electrons. The topological polar surface area (TPSA) is 71.1 Å². The Morgan fingerprint density at radius 3 is 2.16 bits per heavy atom. The number of hydrogen-bond acceptors (Lipinski definition) is 6. The Balaban J connectivity index is 1.48. The summed E-state index contributed by atoms with van der Waals surface area (Å²) in [5.74, 6) is 2.17. The van der Waals surface area contributed by atoms with Gasteiger partial charge in [0.1, 0.15) is 23.0 Å². The SMILES string of the molecule is COc1ccc(/C=C2\Oc3cc(OCC(=O)c4ccc(OC)cc4)cc(C)c3C2=O)cc1. The number of carbonyl (C=O) groups excluding carboxylic acids is 2. The maximum absolute atomic E-state index is 12.8. The summed E-state index contributed by atoms with van der Waals surface area (Å²) in [6.45, 7) is 1.68. The average Bonchev–Trinajstić information content (AvgIpc) is 3.13. The molecule has 3 aromatic rings. The molecule has 0 spiro atoms. The fraction of sp³-hybridized carbons (Fsp3) is 0.154. The van der Waals surface area contributed by atoms with E-state index in [0.29, 0.717) is 28.4 Å². The second-order valence-corrected chi connectivity index (χ2v) is 7.27. The van der Waals surface area contributed by atoms with Crippen molar-refractivity contribution in [2.24, 2.45) is 0 Å². The summed E-state index contributed by atoms with van der Waals surface area (Å²) >= 11 is 0. The van der Waals surface area contributed by atoms with Gasteiger partial charge in [0, 0.05) is 11.6 Å². The summed E-state index contributed by atoms with van der Waals surface area (Å²) in [6, 6.07) is 17.5. The highest BCUT2D eigenvalue weighted by Gasteiger charge is 2.30. The minimum Gasteiger partial charge on any atom is -0.497 e. The molecular formula is C26H22O6. The maximum Gasteiger partial charge on any atom is 0.232 e. The molecule has 1 aliphatic heterocycles. The molecule has 0 bridgehead atoms. The van der Waals surface area contributed by atoms with Crippen LogP contribution in [0.15, 0.2) is 66.4 Å². The largest absolute Gasteiger partial charge is 0.497 e. The lowest BCUT2D eigenvalue weighted by atomic mass is 10.0. The fourth-order valence-corrected chi connectivity index (χ4v) is 3.42. The molecular weight excluding hydrogens is 408 g/mol. The van der Waals surface area contributed by atoms with Crippen LogP contribution in [0.1, 0.15) is 31.8 Å². The lowest BCUT2D eigenvalue weighted by Gasteiger charge is -2.09. The van der Waals surface area contributed by atoms with Gasteiger partial charge in [-0.25, -0.2) is 0 Å². The smallest absolute Gasteiger partial charge is 0.232 e. The lowest BCUT2D eigenvalue weighted by Crippen LogP contribution is -2.11. The molecule has 0 N–H and O–H groups in total. The van der Waals surface area contributed by atoms with Gasteiger partial charge in [-0.2, -0.15) is 0 Å². The third-order valence-corrected chi connectivity index (χ3v) is 5.14. The van der Waals surface area contributed by atoms with Gasteiger partial charge in [-0.3, -0.25) is 9.59 Å². The molecule has 0 aromatic heterocycles. The highest BCUT2D eigenvalue weighted by Crippen LogP contribution is 2.37. The van der Waals surface area contributed by atoms with E-state index in [-0.39, 0.29) is 23.9 Å². The number of rotatable bonds is 7. The summed E-state index contributed by atoms with van der Waals surface area (Å²) in [6.07, 6.45) is 1.69. The van der Waals surface area contributed by atoms with Gasteiger partial charge in [0.25, 0.3) is 0 Å². The first kappa shape index (κ1) is 21.2. The van der Waals surface area contributed by atoms with Crippen LogP contribution in [0.2, 0.25) is 0 Å².